The van der Waals surface area contributed by atoms with Gasteiger partial charge in [0, 0.05) is 24.8 Å². The number of amides is 1. The van der Waals surface area contributed by atoms with E-state index >= 15 is 0 Å². The second kappa shape index (κ2) is 5.00. The molecule has 2 aromatic rings. The molecular formula is C10H9F3N4OS. The first-order valence-corrected chi connectivity index (χ1v) is 6.02. The molecule has 0 atom stereocenters. The number of hydrogen-bond donors (Lipinski definition) is 0. The number of rotatable bonds is 2. The number of halogens is 3. The van der Waals surface area contributed by atoms with Crippen LogP contribution in [0.1, 0.15) is 5.69 Å². The summed E-state index contributed by atoms with van der Waals surface area (Å²) < 4.78 is 39.5. The minimum atomic E-state index is -4.51. The average molecular weight is 290 g/mol. The molecule has 0 fully saturated rings. The molecule has 0 unspecified atom stereocenters. The molecule has 2 heterocycles. The van der Waals surface area contributed by atoms with Crippen LogP contribution in [0.5, 0.6) is 0 Å². The number of alkyl halides is 3. The molecule has 1 amide bonds. The highest BCUT2D eigenvalue weighted by Gasteiger charge is 2.33. The second-order valence-corrected chi connectivity index (χ2v) is 4.57. The van der Waals surface area contributed by atoms with Crippen LogP contribution in [0, 0.1) is 0 Å². The molecule has 0 aromatic carbocycles. The van der Waals surface area contributed by atoms with Gasteiger partial charge in [-0.05, 0) is 6.07 Å². The van der Waals surface area contributed by atoms with Crippen LogP contribution >= 0.6 is 11.3 Å². The van der Waals surface area contributed by atoms with E-state index < -0.39 is 17.8 Å². The number of aryl methyl sites for hydroxylation is 1. The summed E-state index contributed by atoms with van der Waals surface area (Å²) in [4.78, 5) is 15.8. The van der Waals surface area contributed by atoms with E-state index in [0.29, 0.717) is 4.80 Å². The van der Waals surface area contributed by atoms with Crippen LogP contribution in [-0.4, -0.2) is 20.3 Å². The normalized spacial score (nSPS) is 12.9. The molecule has 0 aliphatic rings. The first-order valence-electron chi connectivity index (χ1n) is 5.14. The Morgan fingerprint density at radius 1 is 1.47 bits per heavy atom. The fourth-order valence-electron chi connectivity index (χ4n) is 1.32. The smallest absolute Gasteiger partial charge is 0.327 e. The maximum absolute atomic E-state index is 12.3. The highest BCUT2D eigenvalue weighted by molar-refractivity contribution is 7.07. The summed E-state index contributed by atoms with van der Waals surface area (Å²) in [6.07, 6.45) is -1.68. The molecule has 2 aromatic heterocycles. The fraction of sp³-hybridized carbons (Fsp3) is 0.300. The van der Waals surface area contributed by atoms with Crippen LogP contribution in [-0.2, 0) is 24.6 Å². The van der Waals surface area contributed by atoms with Crippen molar-refractivity contribution in [1.82, 2.24) is 14.3 Å². The van der Waals surface area contributed by atoms with Gasteiger partial charge in [0.05, 0.1) is 0 Å². The molecule has 0 aliphatic carbocycles. The van der Waals surface area contributed by atoms with Gasteiger partial charge in [0.2, 0.25) is 0 Å². The Hall–Kier alpha value is -1.90. The van der Waals surface area contributed by atoms with Crippen molar-refractivity contribution < 1.29 is 18.0 Å². The third-order valence-electron chi connectivity index (χ3n) is 2.21. The quantitative estimate of drug-likeness (QED) is 0.840. The summed E-state index contributed by atoms with van der Waals surface area (Å²) in [6, 6.07) is 0.818. The number of aromatic nitrogens is 3. The van der Waals surface area contributed by atoms with Crippen molar-refractivity contribution in [3.8, 4) is 0 Å². The van der Waals surface area contributed by atoms with E-state index in [-0.39, 0.29) is 6.54 Å². The molecule has 102 valence electrons. The molecule has 0 spiro atoms. The molecule has 19 heavy (non-hydrogen) atoms. The van der Waals surface area contributed by atoms with Crippen molar-refractivity contribution in [3.63, 3.8) is 0 Å². The number of carbonyl (C=O) groups excluding carboxylic acids is 1. The zero-order valence-corrected chi connectivity index (χ0v) is 10.6. The second-order valence-electron chi connectivity index (χ2n) is 3.70. The third-order valence-corrected chi connectivity index (χ3v) is 3.06. The lowest BCUT2D eigenvalue weighted by Gasteiger charge is -2.00. The Labute approximate surface area is 109 Å². The number of hydrogen-bond acceptors (Lipinski definition) is 3. The standard InChI is InChI=1S/C10H9F3N4OS/c1-16-4-5-19-9(16)14-8(18)6-17-3-2-7(15-17)10(11,12)13/h2-5H,6H2,1H3. The van der Waals surface area contributed by atoms with Gasteiger partial charge in [-0.1, -0.05) is 0 Å². The molecule has 0 aliphatic heterocycles. The zero-order valence-electron chi connectivity index (χ0n) is 9.76. The van der Waals surface area contributed by atoms with Crippen molar-refractivity contribution >= 4 is 17.2 Å². The minimum absolute atomic E-state index is 0.325. The monoisotopic (exact) mass is 290 g/mol. The van der Waals surface area contributed by atoms with Crippen molar-refractivity contribution in [1.29, 1.82) is 0 Å². The molecule has 2 rings (SSSR count). The Balaban J connectivity index is 2.12. The van der Waals surface area contributed by atoms with Crippen LogP contribution < -0.4 is 4.80 Å². The highest BCUT2D eigenvalue weighted by atomic mass is 32.1. The maximum atomic E-state index is 12.3. The molecule has 0 radical (unpaired) electrons. The van der Waals surface area contributed by atoms with Gasteiger partial charge >= 0.3 is 6.18 Å². The van der Waals surface area contributed by atoms with Gasteiger partial charge in [-0.25, -0.2) is 0 Å². The first kappa shape index (κ1) is 13.5. The molecule has 5 nitrogen and oxygen atoms in total. The van der Waals surface area contributed by atoms with Gasteiger partial charge in [-0.3, -0.25) is 9.48 Å². The molecule has 0 saturated heterocycles. The van der Waals surface area contributed by atoms with E-state index in [0.717, 1.165) is 16.9 Å². The molecule has 9 heteroatoms. The average Bonchev–Trinajstić information content (AvgIpc) is 2.88. The zero-order chi connectivity index (χ0) is 14.0. The lowest BCUT2D eigenvalue weighted by atomic mass is 10.4. The van der Waals surface area contributed by atoms with Gasteiger partial charge in [0.1, 0.15) is 6.54 Å². The van der Waals surface area contributed by atoms with Gasteiger partial charge in [0.15, 0.2) is 10.5 Å². The van der Waals surface area contributed by atoms with E-state index in [9.17, 15) is 18.0 Å². The van der Waals surface area contributed by atoms with Crippen molar-refractivity contribution in [2.75, 3.05) is 0 Å². The lowest BCUT2D eigenvalue weighted by molar-refractivity contribution is -0.141. The summed E-state index contributed by atoms with van der Waals surface area (Å²) in [7, 11) is 1.72. The van der Waals surface area contributed by atoms with E-state index in [1.54, 1.807) is 23.2 Å². The van der Waals surface area contributed by atoms with Crippen LogP contribution in [0.4, 0.5) is 13.2 Å². The molecule has 0 bridgehead atoms. The topological polar surface area (TPSA) is 52.2 Å². The number of thiazole rings is 1. The summed E-state index contributed by atoms with van der Waals surface area (Å²) in [5.74, 6) is -0.560. The van der Waals surface area contributed by atoms with Gasteiger partial charge in [-0.2, -0.15) is 23.3 Å². The van der Waals surface area contributed by atoms with Crippen LogP contribution in [0.25, 0.3) is 0 Å². The van der Waals surface area contributed by atoms with Crippen LogP contribution in [0.2, 0.25) is 0 Å². The molecular weight excluding hydrogens is 281 g/mol. The summed E-state index contributed by atoms with van der Waals surface area (Å²) >= 11 is 1.26. The highest BCUT2D eigenvalue weighted by Crippen LogP contribution is 2.27. The fourth-order valence-corrected chi connectivity index (χ4v) is 2.06. The predicted molar refractivity (Wildman–Crippen MR) is 61.1 cm³/mol. The van der Waals surface area contributed by atoms with Crippen LogP contribution in [0.15, 0.2) is 28.8 Å². The Morgan fingerprint density at radius 2 is 2.21 bits per heavy atom. The Kier molecular flexibility index (Phi) is 3.56. The minimum Gasteiger partial charge on any atom is -0.327 e. The lowest BCUT2D eigenvalue weighted by Crippen LogP contribution is -2.16. The van der Waals surface area contributed by atoms with Crippen molar-refractivity contribution in [3.05, 3.63) is 34.3 Å². The largest absolute Gasteiger partial charge is 0.435 e. The van der Waals surface area contributed by atoms with E-state index in [4.69, 9.17) is 0 Å². The number of nitrogens with zero attached hydrogens (tertiary/aromatic N) is 4. The van der Waals surface area contributed by atoms with Gasteiger partial charge in [0.25, 0.3) is 5.91 Å². The van der Waals surface area contributed by atoms with Gasteiger partial charge < -0.3 is 4.57 Å². The maximum Gasteiger partial charge on any atom is 0.435 e. The van der Waals surface area contributed by atoms with E-state index in [1.807, 2.05) is 0 Å². The Bertz CT molecular complexity index is 652. The van der Waals surface area contributed by atoms with E-state index in [1.165, 1.54) is 11.3 Å². The summed E-state index contributed by atoms with van der Waals surface area (Å²) in [6.45, 7) is -0.325. The molecule has 0 saturated carbocycles. The predicted octanol–water partition coefficient (Wildman–Crippen LogP) is 1.43. The number of carbonyl (C=O) groups is 1. The van der Waals surface area contributed by atoms with Crippen molar-refractivity contribution in [2.24, 2.45) is 12.0 Å². The first-order chi connectivity index (χ1) is 8.86. The van der Waals surface area contributed by atoms with Gasteiger partial charge in [-0.15, -0.1) is 11.3 Å². The SMILES string of the molecule is Cn1ccsc1=NC(=O)Cn1ccc(C(F)(F)F)n1. The Morgan fingerprint density at radius 3 is 2.74 bits per heavy atom. The van der Waals surface area contributed by atoms with Crippen molar-refractivity contribution in [2.45, 2.75) is 12.7 Å². The summed E-state index contributed by atoms with van der Waals surface area (Å²) in [5.41, 5.74) is -1.03. The summed E-state index contributed by atoms with van der Waals surface area (Å²) in [5, 5.41) is 5.03. The third kappa shape index (κ3) is 3.31. The molecule has 0 N–H and O–H groups in total. The van der Waals surface area contributed by atoms with Crippen LogP contribution in [0.3, 0.4) is 0 Å². The van der Waals surface area contributed by atoms with E-state index in [2.05, 4.69) is 10.1 Å².